The normalized spacial score (nSPS) is 11.5. The Hall–Kier alpha value is -0.500. The molecule has 15 heavy (non-hydrogen) atoms. The molecule has 0 N–H and O–H groups in total. The average Bonchev–Trinajstić information content (AvgIpc) is 2.09. The summed E-state index contributed by atoms with van der Waals surface area (Å²) in [6, 6.07) is 6.13. The van der Waals surface area contributed by atoms with Crippen LogP contribution in [0.5, 0.6) is 5.75 Å². The summed E-state index contributed by atoms with van der Waals surface area (Å²) >= 11 is 3.45. The highest BCUT2D eigenvalue weighted by atomic mass is 79.9. The minimum absolute atomic E-state index is 0.333. The van der Waals surface area contributed by atoms with Gasteiger partial charge in [0.05, 0.1) is 6.61 Å². The van der Waals surface area contributed by atoms with Gasteiger partial charge in [0.25, 0.3) is 0 Å². The summed E-state index contributed by atoms with van der Waals surface area (Å²) in [6.45, 7) is 9.53. The molecule has 1 nitrogen and oxygen atoms in total. The Morgan fingerprint density at radius 1 is 1.27 bits per heavy atom. The number of benzene rings is 1. The zero-order chi connectivity index (χ0) is 11.5. The highest BCUT2D eigenvalue weighted by molar-refractivity contribution is 9.10. The smallest absolute Gasteiger partial charge is 0.123 e. The van der Waals surface area contributed by atoms with Crippen molar-refractivity contribution in [2.24, 2.45) is 5.41 Å². The SMILES string of the molecule is Cc1ccc(Br)cc1OCCC(C)(C)C. The summed E-state index contributed by atoms with van der Waals surface area (Å²) < 4.78 is 6.83. The lowest BCUT2D eigenvalue weighted by atomic mass is 9.93. The van der Waals surface area contributed by atoms with Crippen molar-refractivity contribution >= 4 is 15.9 Å². The Morgan fingerprint density at radius 3 is 2.53 bits per heavy atom. The number of halogens is 1. The number of aryl methyl sites for hydroxylation is 1. The molecule has 1 aromatic carbocycles. The van der Waals surface area contributed by atoms with Crippen LogP contribution < -0.4 is 4.74 Å². The predicted molar refractivity (Wildman–Crippen MR) is 68.4 cm³/mol. The topological polar surface area (TPSA) is 9.23 Å². The van der Waals surface area contributed by atoms with Gasteiger partial charge in [0, 0.05) is 4.47 Å². The maximum absolute atomic E-state index is 5.76. The van der Waals surface area contributed by atoms with Crippen molar-refractivity contribution in [1.82, 2.24) is 0 Å². The zero-order valence-electron chi connectivity index (χ0n) is 9.93. The van der Waals surface area contributed by atoms with Crippen LogP contribution in [0.2, 0.25) is 0 Å². The van der Waals surface area contributed by atoms with E-state index in [1.165, 1.54) is 5.56 Å². The van der Waals surface area contributed by atoms with Crippen LogP contribution in [0.4, 0.5) is 0 Å². The third-order valence-corrected chi connectivity index (χ3v) is 2.75. The number of hydrogen-bond donors (Lipinski definition) is 0. The third kappa shape index (κ3) is 4.70. The van der Waals surface area contributed by atoms with E-state index in [1.807, 2.05) is 12.1 Å². The molecule has 0 amide bonds. The van der Waals surface area contributed by atoms with E-state index in [-0.39, 0.29) is 0 Å². The summed E-state index contributed by atoms with van der Waals surface area (Å²) in [5, 5.41) is 0. The van der Waals surface area contributed by atoms with Crippen LogP contribution in [-0.2, 0) is 0 Å². The van der Waals surface area contributed by atoms with Gasteiger partial charge in [-0.2, -0.15) is 0 Å². The Balaban J connectivity index is 2.54. The molecule has 0 aliphatic rings. The van der Waals surface area contributed by atoms with Gasteiger partial charge in [-0.1, -0.05) is 42.8 Å². The summed E-state index contributed by atoms with van der Waals surface area (Å²) in [6.07, 6.45) is 1.07. The largest absolute Gasteiger partial charge is 0.493 e. The first kappa shape index (κ1) is 12.6. The van der Waals surface area contributed by atoms with Crippen LogP contribution >= 0.6 is 15.9 Å². The van der Waals surface area contributed by atoms with E-state index in [0.29, 0.717) is 5.41 Å². The molecule has 2 heteroatoms. The van der Waals surface area contributed by atoms with Crippen molar-refractivity contribution < 1.29 is 4.74 Å². The van der Waals surface area contributed by atoms with Crippen molar-refractivity contribution in [1.29, 1.82) is 0 Å². The van der Waals surface area contributed by atoms with Gasteiger partial charge in [-0.15, -0.1) is 0 Å². The van der Waals surface area contributed by atoms with Gasteiger partial charge in [0.2, 0.25) is 0 Å². The molecule has 0 atom stereocenters. The van der Waals surface area contributed by atoms with Gasteiger partial charge in [-0.3, -0.25) is 0 Å². The molecular formula is C13H19BrO. The molecule has 1 aromatic rings. The van der Waals surface area contributed by atoms with Crippen molar-refractivity contribution in [3.8, 4) is 5.75 Å². The van der Waals surface area contributed by atoms with E-state index in [2.05, 4.69) is 49.7 Å². The molecule has 0 bridgehead atoms. The second-order valence-electron chi connectivity index (χ2n) is 5.07. The summed E-state index contributed by atoms with van der Waals surface area (Å²) in [4.78, 5) is 0. The fourth-order valence-electron chi connectivity index (χ4n) is 1.20. The molecule has 0 aliphatic heterocycles. The predicted octanol–water partition coefficient (Wildman–Crippen LogP) is 4.57. The standard InChI is InChI=1S/C13H19BrO/c1-10-5-6-11(14)9-12(10)15-8-7-13(2,3)4/h5-6,9H,7-8H2,1-4H3. The Bertz CT molecular complexity index is 326. The van der Waals surface area contributed by atoms with E-state index in [0.717, 1.165) is 23.2 Å². The van der Waals surface area contributed by atoms with Crippen molar-refractivity contribution in [3.05, 3.63) is 28.2 Å². The highest BCUT2D eigenvalue weighted by Gasteiger charge is 2.10. The first-order valence-electron chi connectivity index (χ1n) is 5.27. The second-order valence-corrected chi connectivity index (χ2v) is 5.98. The van der Waals surface area contributed by atoms with Crippen LogP contribution in [0.3, 0.4) is 0 Å². The maximum Gasteiger partial charge on any atom is 0.123 e. The first-order valence-corrected chi connectivity index (χ1v) is 6.07. The lowest BCUT2D eigenvalue weighted by Crippen LogP contribution is -2.11. The van der Waals surface area contributed by atoms with Gasteiger partial charge in [-0.25, -0.2) is 0 Å². The van der Waals surface area contributed by atoms with Crippen molar-refractivity contribution in [3.63, 3.8) is 0 Å². The van der Waals surface area contributed by atoms with Crippen molar-refractivity contribution in [2.45, 2.75) is 34.1 Å². The molecule has 0 fully saturated rings. The Labute approximate surface area is 101 Å². The van der Waals surface area contributed by atoms with Gasteiger partial charge >= 0.3 is 0 Å². The molecule has 84 valence electrons. The molecule has 0 heterocycles. The van der Waals surface area contributed by atoms with Gasteiger partial charge in [0.1, 0.15) is 5.75 Å². The molecule has 0 aliphatic carbocycles. The Kier molecular flexibility index (Phi) is 4.21. The third-order valence-electron chi connectivity index (χ3n) is 2.26. The lowest BCUT2D eigenvalue weighted by Gasteiger charge is -2.18. The molecule has 0 saturated heterocycles. The summed E-state index contributed by atoms with van der Waals surface area (Å²) in [5.41, 5.74) is 1.52. The van der Waals surface area contributed by atoms with Crippen molar-refractivity contribution in [2.75, 3.05) is 6.61 Å². The molecule has 1 rings (SSSR count). The van der Waals surface area contributed by atoms with Crippen LogP contribution in [-0.4, -0.2) is 6.61 Å². The minimum Gasteiger partial charge on any atom is -0.493 e. The fraction of sp³-hybridized carbons (Fsp3) is 0.538. The quantitative estimate of drug-likeness (QED) is 0.782. The van der Waals surface area contributed by atoms with E-state index < -0.39 is 0 Å². The second kappa shape index (κ2) is 5.02. The Morgan fingerprint density at radius 2 is 1.93 bits per heavy atom. The van der Waals surface area contributed by atoms with E-state index in [1.54, 1.807) is 0 Å². The van der Waals surface area contributed by atoms with Crippen LogP contribution in [0.15, 0.2) is 22.7 Å². The van der Waals surface area contributed by atoms with Gasteiger partial charge in [-0.05, 0) is 36.5 Å². The molecular weight excluding hydrogens is 252 g/mol. The van der Waals surface area contributed by atoms with Crippen LogP contribution in [0, 0.1) is 12.3 Å². The highest BCUT2D eigenvalue weighted by Crippen LogP contribution is 2.24. The van der Waals surface area contributed by atoms with Gasteiger partial charge in [0.15, 0.2) is 0 Å². The first-order chi connectivity index (χ1) is 6.88. The molecule has 0 spiro atoms. The summed E-state index contributed by atoms with van der Waals surface area (Å²) in [7, 11) is 0. The minimum atomic E-state index is 0.333. The maximum atomic E-state index is 5.76. The number of rotatable bonds is 3. The monoisotopic (exact) mass is 270 g/mol. The van der Waals surface area contributed by atoms with Gasteiger partial charge < -0.3 is 4.74 Å². The van der Waals surface area contributed by atoms with E-state index in [4.69, 9.17) is 4.74 Å². The van der Waals surface area contributed by atoms with Crippen LogP contribution in [0.25, 0.3) is 0 Å². The fourth-order valence-corrected chi connectivity index (χ4v) is 1.54. The van der Waals surface area contributed by atoms with Crippen LogP contribution in [0.1, 0.15) is 32.8 Å². The average molecular weight is 271 g/mol. The van der Waals surface area contributed by atoms with E-state index >= 15 is 0 Å². The summed E-state index contributed by atoms with van der Waals surface area (Å²) in [5.74, 6) is 0.980. The molecule has 0 saturated carbocycles. The number of hydrogen-bond acceptors (Lipinski definition) is 1. The molecule has 0 radical (unpaired) electrons. The lowest BCUT2D eigenvalue weighted by molar-refractivity contribution is 0.242. The molecule has 0 aromatic heterocycles. The molecule has 0 unspecified atom stereocenters. The van der Waals surface area contributed by atoms with E-state index in [9.17, 15) is 0 Å². The zero-order valence-corrected chi connectivity index (χ0v) is 11.5. The number of ether oxygens (including phenoxy) is 1.